The van der Waals surface area contributed by atoms with Crippen LogP contribution in [0.2, 0.25) is 0 Å². The molecule has 0 aromatic heterocycles. The van der Waals surface area contributed by atoms with Gasteiger partial charge in [-0.25, -0.2) is 13.2 Å². The van der Waals surface area contributed by atoms with Crippen molar-refractivity contribution in [1.29, 1.82) is 0 Å². The molecular formula is C22H25F3O2. The molecule has 1 fully saturated rings. The highest BCUT2D eigenvalue weighted by molar-refractivity contribution is 5.65. The van der Waals surface area contributed by atoms with E-state index in [0.29, 0.717) is 36.1 Å². The van der Waals surface area contributed by atoms with Gasteiger partial charge in [0.25, 0.3) is 0 Å². The smallest absolute Gasteiger partial charge is 0.166 e. The summed E-state index contributed by atoms with van der Waals surface area (Å²) in [6, 6.07) is 7.69. The highest BCUT2D eigenvalue weighted by Gasteiger charge is 2.25. The average Bonchev–Trinajstić information content (AvgIpc) is 2.69. The molecule has 0 aliphatic carbocycles. The third-order valence-electron chi connectivity index (χ3n) is 5.21. The van der Waals surface area contributed by atoms with Gasteiger partial charge in [0.15, 0.2) is 17.9 Å². The maximum atomic E-state index is 14.7. The van der Waals surface area contributed by atoms with Gasteiger partial charge in [0.05, 0.1) is 6.61 Å². The van der Waals surface area contributed by atoms with Crippen molar-refractivity contribution in [1.82, 2.24) is 0 Å². The Kier molecular flexibility index (Phi) is 6.55. The minimum atomic E-state index is -0.917. The van der Waals surface area contributed by atoms with Gasteiger partial charge in [0.2, 0.25) is 0 Å². The van der Waals surface area contributed by atoms with E-state index < -0.39 is 17.5 Å². The maximum Gasteiger partial charge on any atom is 0.166 e. The summed E-state index contributed by atoms with van der Waals surface area (Å²) >= 11 is 0. The Hall–Kier alpha value is -1.85. The van der Waals surface area contributed by atoms with E-state index in [0.717, 1.165) is 19.3 Å². The predicted molar refractivity (Wildman–Crippen MR) is 99.1 cm³/mol. The quantitative estimate of drug-likeness (QED) is 0.616. The van der Waals surface area contributed by atoms with E-state index in [4.69, 9.17) is 9.47 Å². The summed E-state index contributed by atoms with van der Waals surface area (Å²) in [5.41, 5.74) is 1.31. The van der Waals surface area contributed by atoms with Crippen LogP contribution in [-0.4, -0.2) is 20.0 Å². The average molecular weight is 378 g/mol. The van der Waals surface area contributed by atoms with Crippen molar-refractivity contribution >= 4 is 0 Å². The summed E-state index contributed by atoms with van der Waals surface area (Å²) in [5, 5.41) is 0. The number of rotatable bonds is 6. The van der Waals surface area contributed by atoms with Crippen LogP contribution in [0.1, 0.15) is 49.7 Å². The number of hydrogen-bond acceptors (Lipinski definition) is 2. The van der Waals surface area contributed by atoms with Crippen molar-refractivity contribution in [3.63, 3.8) is 0 Å². The molecule has 1 aliphatic rings. The first kappa shape index (κ1) is 19.9. The zero-order valence-electron chi connectivity index (χ0n) is 15.7. The van der Waals surface area contributed by atoms with E-state index >= 15 is 0 Å². The van der Waals surface area contributed by atoms with E-state index in [1.54, 1.807) is 25.3 Å². The first-order valence-corrected chi connectivity index (χ1v) is 9.46. The number of aryl methyl sites for hydroxylation is 1. The second-order valence-corrected chi connectivity index (χ2v) is 7.01. The molecule has 0 bridgehead atoms. The number of unbranched alkanes of at least 4 members (excludes halogenated alkanes) is 1. The zero-order valence-corrected chi connectivity index (χ0v) is 15.7. The van der Waals surface area contributed by atoms with Gasteiger partial charge in [-0.3, -0.25) is 0 Å². The molecule has 0 amide bonds. The van der Waals surface area contributed by atoms with E-state index in [9.17, 15) is 13.2 Å². The van der Waals surface area contributed by atoms with Crippen molar-refractivity contribution < 1.29 is 22.6 Å². The second-order valence-electron chi connectivity index (χ2n) is 7.01. The van der Waals surface area contributed by atoms with Crippen LogP contribution < -0.4 is 0 Å². The first-order valence-electron chi connectivity index (χ1n) is 9.46. The lowest BCUT2D eigenvalue weighted by molar-refractivity contribution is -0.151. The summed E-state index contributed by atoms with van der Waals surface area (Å²) in [4.78, 5) is 0. The van der Waals surface area contributed by atoms with Crippen molar-refractivity contribution in [2.24, 2.45) is 0 Å². The third kappa shape index (κ3) is 4.36. The molecule has 2 nitrogen and oxygen atoms in total. The van der Waals surface area contributed by atoms with Gasteiger partial charge in [-0.05, 0) is 48.4 Å². The molecule has 1 heterocycles. The van der Waals surface area contributed by atoms with E-state index in [-0.39, 0.29) is 17.8 Å². The van der Waals surface area contributed by atoms with E-state index in [1.165, 1.54) is 12.1 Å². The van der Waals surface area contributed by atoms with Crippen molar-refractivity contribution in [2.45, 2.75) is 51.2 Å². The van der Waals surface area contributed by atoms with Gasteiger partial charge >= 0.3 is 0 Å². The molecule has 2 atom stereocenters. The fourth-order valence-electron chi connectivity index (χ4n) is 3.56. The predicted octanol–water partition coefficient (Wildman–Crippen LogP) is 5.98. The minimum Gasteiger partial charge on any atom is -0.356 e. The van der Waals surface area contributed by atoms with Gasteiger partial charge in [-0.1, -0.05) is 37.6 Å². The Labute approximate surface area is 158 Å². The van der Waals surface area contributed by atoms with Crippen LogP contribution in [0.25, 0.3) is 11.1 Å². The fourth-order valence-corrected chi connectivity index (χ4v) is 3.56. The largest absolute Gasteiger partial charge is 0.356 e. The highest BCUT2D eigenvalue weighted by atomic mass is 19.2. The van der Waals surface area contributed by atoms with Crippen LogP contribution in [0.15, 0.2) is 30.3 Å². The van der Waals surface area contributed by atoms with Crippen LogP contribution in [-0.2, 0) is 15.9 Å². The maximum absolute atomic E-state index is 14.7. The standard InChI is InChI=1S/C22H25F3O2/c1-3-4-5-14-6-10-18(22(25)21(14)24)15-7-9-17(19(23)12-15)16-8-11-20(26-2)27-13-16/h6-7,9-10,12,16,20H,3-5,8,11,13H2,1-2H3. The van der Waals surface area contributed by atoms with Crippen LogP contribution in [0.4, 0.5) is 13.2 Å². The molecule has 1 aliphatic heterocycles. The van der Waals surface area contributed by atoms with Gasteiger partial charge in [-0.15, -0.1) is 0 Å². The molecule has 0 saturated carbocycles. The van der Waals surface area contributed by atoms with Crippen LogP contribution in [0.3, 0.4) is 0 Å². The molecule has 5 heteroatoms. The van der Waals surface area contributed by atoms with Gasteiger partial charge in [-0.2, -0.15) is 0 Å². The lowest BCUT2D eigenvalue weighted by atomic mass is 9.90. The molecule has 0 N–H and O–H groups in total. The molecule has 3 rings (SSSR count). The Morgan fingerprint density at radius 2 is 1.89 bits per heavy atom. The second kappa shape index (κ2) is 8.89. The Morgan fingerprint density at radius 1 is 1.07 bits per heavy atom. The Morgan fingerprint density at radius 3 is 2.52 bits per heavy atom. The molecule has 0 radical (unpaired) electrons. The molecular weight excluding hydrogens is 353 g/mol. The topological polar surface area (TPSA) is 18.5 Å². The highest BCUT2D eigenvalue weighted by Crippen LogP contribution is 2.33. The monoisotopic (exact) mass is 378 g/mol. The van der Waals surface area contributed by atoms with Crippen LogP contribution in [0, 0.1) is 17.5 Å². The third-order valence-corrected chi connectivity index (χ3v) is 5.21. The minimum absolute atomic E-state index is 0.0662. The summed E-state index contributed by atoms with van der Waals surface area (Å²) in [5.74, 6) is -2.24. The van der Waals surface area contributed by atoms with Gasteiger partial charge in [0.1, 0.15) is 5.82 Å². The summed E-state index contributed by atoms with van der Waals surface area (Å²) in [6.45, 7) is 2.38. The molecule has 0 spiro atoms. The SMILES string of the molecule is CCCCc1ccc(-c2ccc(C3CCC(OC)OC3)c(F)c2)c(F)c1F. The Balaban J connectivity index is 1.82. The molecule has 2 aromatic rings. The van der Waals surface area contributed by atoms with Crippen molar-refractivity contribution in [3.8, 4) is 11.1 Å². The number of halogens is 3. The van der Waals surface area contributed by atoms with Crippen molar-refractivity contribution in [2.75, 3.05) is 13.7 Å². The molecule has 146 valence electrons. The zero-order chi connectivity index (χ0) is 19.4. The van der Waals surface area contributed by atoms with Crippen molar-refractivity contribution in [3.05, 3.63) is 58.9 Å². The van der Waals surface area contributed by atoms with Gasteiger partial charge in [0, 0.05) is 18.6 Å². The normalized spacial score (nSPS) is 20.0. The Bertz CT molecular complexity index is 783. The van der Waals surface area contributed by atoms with E-state index in [2.05, 4.69) is 0 Å². The summed E-state index contributed by atoms with van der Waals surface area (Å²) in [6.07, 6.45) is 3.41. The fraction of sp³-hybridized carbons (Fsp3) is 0.455. The number of ether oxygens (including phenoxy) is 2. The van der Waals surface area contributed by atoms with Crippen LogP contribution >= 0.6 is 0 Å². The lowest BCUT2D eigenvalue weighted by Gasteiger charge is -2.28. The molecule has 2 aromatic carbocycles. The number of hydrogen-bond donors (Lipinski definition) is 0. The lowest BCUT2D eigenvalue weighted by Crippen LogP contribution is -2.26. The summed E-state index contributed by atoms with van der Waals surface area (Å²) < 4.78 is 54.2. The molecule has 1 saturated heterocycles. The molecule has 27 heavy (non-hydrogen) atoms. The van der Waals surface area contributed by atoms with Crippen LogP contribution in [0.5, 0.6) is 0 Å². The summed E-state index contributed by atoms with van der Waals surface area (Å²) in [7, 11) is 1.58. The van der Waals surface area contributed by atoms with Gasteiger partial charge < -0.3 is 9.47 Å². The number of benzene rings is 2. The number of methoxy groups -OCH3 is 1. The van der Waals surface area contributed by atoms with E-state index in [1.807, 2.05) is 6.92 Å². The molecule has 2 unspecified atom stereocenters. The first-order chi connectivity index (χ1) is 13.0.